The van der Waals surface area contributed by atoms with Gasteiger partial charge in [-0.25, -0.2) is 4.79 Å². The van der Waals surface area contributed by atoms with Crippen molar-refractivity contribution in [3.8, 4) is 5.75 Å². The normalized spacial score (nSPS) is 9.85. The number of para-hydroxylation sites is 1. The smallest absolute Gasteiger partial charge is 0.345 e. The fourth-order valence-corrected chi connectivity index (χ4v) is 1.81. The molecule has 102 valence electrons. The van der Waals surface area contributed by atoms with Crippen LogP contribution in [0.3, 0.4) is 0 Å². The van der Waals surface area contributed by atoms with Gasteiger partial charge in [0.2, 0.25) is 6.41 Å². The van der Waals surface area contributed by atoms with Gasteiger partial charge < -0.3 is 10.1 Å². The van der Waals surface area contributed by atoms with E-state index >= 15 is 0 Å². The minimum atomic E-state index is -0.501. The quantitative estimate of drug-likeness (QED) is 0.515. The van der Waals surface area contributed by atoms with E-state index in [4.69, 9.17) is 4.74 Å². The van der Waals surface area contributed by atoms with Gasteiger partial charge in [-0.3, -0.25) is 4.79 Å². The third-order valence-corrected chi connectivity index (χ3v) is 2.90. The molecule has 4 heteroatoms. The summed E-state index contributed by atoms with van der Waals surface area (Å²) in [6.45, 7) is 2.06. The zero-order valence-electron chi connectivity index (χ0n) is 11.1. The first-order valence-electron chi connectivity index (χ1n) is 6.35. The average molecular weight is 269 g/mol. The van der Waals surface area contributed by atoms with Crippen LogP contribution in [0.5, 0.6) is 5.75 Å². The molecule has 0 aliphatic rings. The lowest BCUT2D eigenvalue weighted by atomic mass is 10.1. The zero-order chi connectivity index (χ0) is 14.4. The van der Waals surface area contributed by atoms with E-state index in [0.717, 1.165) is 6.42 Å². The van der Waals surface area contributed by atoms with Crippen LogP contribution < -0.4 is 10.1 Å². The molecule has 0 saturated heterocycles. The molecule has 2 aromatic rings. The minimum absolute atomic E-state index is 0.319. The summed E-state index contributed by atoms with van der Waals surface area (Å²) < 4.78 is 5.29. The predicted molar refractivity (Wildman–Crippen MR) is 76.9 cm³/mol. The van der Waals surface area contributed by atoms with Crippen molar-refractivity contribution in [3.05, 3.63) is 59.7 Å². The largest absolute Gasteiger partial charge is 0.423 e. The van der Waals surface area contributed by atoms with E-state index in [1.807, 2.05) is 12.1 Å². The van der Waals surface area contributed by atoms with Crippen LogP contribution in [0.25, 0.3) is 0 Å². The maximum absolute atomic E-state index is 12.1. The summed E-state index contributed by atoms with van der Waals surface area (Å²) in [7, 11) is 0. The van der Waals surface area contributed by atoms with E-state index in [1.165, 1.54) is 5.56 Å². The summed E-state index contributed by atoms with van der Waals surface area (Å²) in [5, 5.41) is 2.48. The van der Waals surface area contributed by atoms with Crippen molar-refractivity contribution in [2.24, 2.45) is 0 Å². The molecule has 0 bridgehead atoms. The van der Waals surface area contributed by atoms with E-state index in [1.54, 1.807) is 36.4 Å². The first-order chi connectivity index (χ1) is 9.74. The molecule has 4 nitrogen and oxygen atoms in total. The van der Waals surface area contributed by atoms with Gasteiger partial charge in [-0.05, 0) is 36.2 Å². The van der Waals surface area contributed by atoms with Crippen molar-refractivity contribution in [2.75, 3.05) is 5.32 Å². The lowest BCUT2D eigenvalue weighted by molar-refractivity contribution is -0.105. The average Bonchev–Trinajstić information content (AvgIpc) is 2.49. The van der Waals surface area contributed by atoms with Gasteiger partial charge in [0.15, 0.2) is 0 Å². The van der Waals surface area contributed by atoms with Crippen LogP contribution in [0.15, 0.2) is 48.5 Å². The van der Waals surface area contributed by atoms with Crippen molar-refractivity contribution < 1.29 is 14.3 Å². The molecule has 0 radical (unpaired) electrons. The molecular formula is C16H15NO3. The molecule has 0 aliphatic heterocycles. The molecule has 0 unspecified atom stereocenters. The monoisotopic (exact) mass is 269 g/mol. The molecule has 0 spiro atoms. The molecule has 1 N–H and O–H groups in total. The van der Waals surface area contributed by atoms with Gasteiger partial charge in [0.25, 0.3) is 0 Å². The molecule has 20 heavy (non-hydrogen) atoms. The summed E-state index contributed by atoms with van der Waals surface area (Å²) >= 11 is 0. The Morgan fingerprint density at radius 1 is 1.15 bits per heavy atom. The van der Waals surface area contributed by atoms with Crippen molar-refractivity contribution in [2.45, 2.75) is 13.3 Å². The van der Waals surface area contributed by atoms with Crippen molar-refractivity contribution in [1.29, 1.82) is 0 Å². The molecule has 2 aromatic carbocycles. The summed E-state index contributed by atoms with van der Waals surface area (Å²) in [6.07, 6.45) is 1.46. The van der Waals surface area contributed by atoms with Crippen LogP contribution >= 0.6 is 0 Å². The first kappa shape index (κ1) is 13.8. The number of anilines is 1. The fraction of sp³-hybridized carbons (Fsp3) is 0.125. The molecule has 0 saturated carbocycles. The lowest BCUT2D eigenvalue weighted by Gasteiger charge is -2.08. The second-order valence-electron chi connectivity index (χ2n) is 4.19. The molecule has 0 aromatic heterocycles. The Labute approximate surface area is 117 Å². The Balaban J connectivity index is 2.16. The number of carbonyl (C=O) groups is 2. The highest BCUT2D eigenvalue weighted by Crippen LogP contribution is 2.19. The third-order valence-electron chi connectivity index (χ3n) is 2.90. The Morgan fingerprint density at radius 3 is 2.50 bits per heavy atom. The lowest BCUT2D eigenvalue weighted by Crippen LogP contribution is -2.11. The number of amides is 1. The summed E-state index contributed by atoms with van der Waals surface area (Å²) in [6, 6.07) is 14.0. The molecule has 0 fully saturated rings. The second-order valence-corrected chi connectivity index (χ2v) is 4.19. The van der Waals surface area contributed by atoms with E-state index in [2.05, 4.69) is 12.2 Å². The topological polar surface area (TPSA) is 55.4 Å². The number of rotatable bonds is 5. The Kier molecular flexibility index (Phi) is 4.50. The van der Waals surface area contributed by atoms with E-state index in [-0.39, 0.29) is 0 Å². The van der Waals surface area contributed by atoms with Gasteiger partial charge in [0, 0.05) is 0 Å². The maximum atomic E-state index is 12.1. The predicted octanol–water partition coefficient (Wildman–Crippen LogP) is 3.04. The number of nitrogens with one attached hydrogen (secondary N) is 1. The van der Waals surface area contributed by atoms with Gasteiger partial charge in [0.05, 0.1) is 11.3 Å². The number of aryl methyl sites for hydroxylation is 1. The zero-order valence-corrected chi connectivity index (χ0v) is 11.1. The highest BCUT2D eigenvalue weighted by Gasteiger charge is 2.12. The fourth-order valence-electron chi connectivity index (χ4n) is 1.81. The van der Waals surface area contributed by atoms with Crippen LogP contribution in [0.2, 0.25) is 0 Å². The minimum Gasteiger partial charge on any atom is -0.423 e. The van der Waals surface area contributed by atoms with Gasteiger partial charge in [0.1, 0.15) is 5.75 Å². The van der Waals surface area contributed by atoms with E-state index in [0.29, 0.717) is 23.4 Å². The molecule has 0 heterocycles. The number of benzene rings is 2. The van der Waals surface area contributed by atoms with Crippen molar-refractivity contribution >= 4 is 18.1 Å². The van der Waals surface area contributed by atoms with E-state index < -0.39 is 5.97 Å². The maximum Gasteiger partial charge on any atom is 0.345 e. The highest BCUT2D eigenvalue weighted by molar-refractivity contribution is 5.98. The number of carbonyl (C=O) groups excluding carboxylic acids is 2. The van der Waals surface area contributed by atoms with Crippen LogP contribution in [-0.4, -0.2) is 12.4 Å². The van der Waals surface area contributed by atoms with Gasteiger partial charge >= 0.3 is 5.97 Å². The summed E-state index contributed by atoms with van der Waals surface area (Å²) in [5.74, 6) is -0.0210. The Bertz CT molecular complexity index is 605. The van der Waals surface area contributed by atoms with Gasteiger partial charge in [-0.15, -0.1) is 0 Å². The SMILES string of the molecule is CCc1ccc(OC(=O)c2ccccc2NC=O)cc1. The number of hydrogen-bond acceptors (Lipinski definition) is 3. The molecule has 0 atom stereocenters. The number of hydrogen-bond donors (Lipinski definition) is 1. The van der Waals surface area contributed by atoms with Crippen LogP contribution in [0.1, 0.15) is 22.8 Å². The second kappa shape index (κ2) is 6.52. The standard InChI is InChI=1S/C16H15NO3/c1-2-12-7-9-13(10-8-12)20-16(19)14-5-3-4-6-15(14)17-11-18/h3-11H,2H2,1H3,(H,17,18). The summed E-state index contributed by atoms with van der Waals surface area (Å²) in [4.78, 5) is 22.6. The highest BCUT2D eigenvalue weighted by atomic mass is 16.5. The molecule has 2 rings (SSSR count). The van der Waals surface area contributed by atoms with Crippen molar-refractivity contribution in [1.82, 2.24) is 0 Å². The molecular weight excluding hydrogens is 254 g/mol. The van der Waals surface area contributed by atoms with Crippen LogP contribution in [0, 0.1) is 0 Å². The number of esters is 1. The third kappa shape index (κ3) is 3.23. The first-order valence-corrected chi connectivity index (χ1v) is 6.35. The Hall–Kier alpha value is -2.62. The summed E-state index contributed by atoms with van der Waals surface area (Å²) in [5.41, 5.74) is 1.92. The van der Waals surface area contributed by atoms with E-state index in [9.17, 15) is 9.59 Å². The van der Waals surface area contributed by atoms with Crippen LogP contribution in [-0.2, 0) is 11.2 Å². The Morgan fingerprint density at radius 2 is 1.85 bits per heavy atom. The molecule has 0 aliphatic carbocycles. The number of ether oxygens (including phenoxy) is 1. The molecule has 1 amide bonds. The van der Waals surface area contributed by atoms with Gasteiger partial charge in [-0.1, -0.05) is 31.2 Å². The van der Waals surface area contributed by atoms with Gasteiger partial charge in [-0.2, -0.15) is 0 Å². The van der Waals surface area contributed by atoms with Crippen LogP contribution in [0.4, 0.5) is 5.69 Å². The van der Waals surface area contributed by atoms with Crippen molar-refractivity contribution in [3.63, 3.8) is 0 Å².